The Morgan fingerprint density at radius 1 is 1.27 bits per heavy atom. The predicted molar refractivity (Wildman–Crippen MR) is 113 cm³/mol. The van der Waals surface area contributed by atoms with Crippen molar-refractivity contribution in [3.8, 4) is 0 Å². The van der Waals surface area contributed by atoms with Crippen molar-refractivity contribution in [2.75, 3.05) is 39.1 Å². The van der Waals surface area contributed by atoms with Gasteiger partial charge in [-0.2, -0.15) is 0 Å². The first-order valence-corrected chi connectivity index (χ1v) is 11.6. The van der Waals surface area contributed by atoms with Gasteiger partial charge in [-0.3, -0.25) is 14.4 Å². The number of rotatable bonds is 7. The minimum Gasteiger partial charge on any atom is -0.466 e. The lowest BCUT2D eigenvalue weighted by atomic mass is 9.97. The van der Waals surface area contributed by atoms with Crippen LogP contribution in [0.5, 0.6) is 0 Å². The summed E-state index contributed by atoms with van der Waals surface area (Å²) in [5, 5.41) is 2.43. The summed E-state index contributed by atoms with van der Waals surface area (Å²) in [5.74, 6) is -0.759. The molecule has 2 aliphatic heterocycles. The van der Waals surface area contributed by atoms with Gasteiger partial charge in [0.2, 0.25) is 5.91 Å². The van der Waals surface area contributed by atoms with Crippen LogP contribution in [0.2, 0.25) is 0 Å². The van der Waals surface area contributed by atoms with Crippen LogP contribution in [0.4, 0.5) is 0 Å². The molecule has 0 saturated carbocycles. The van der Waals surface area contributed by atoms with Crippen LogP contribution in [0.3, 0.4) is 0 Å². The van der Waals surface area contributed by atoms with Gasteiger partial charge in [0.15, 0.2) is 0 Å². The number of hydrogen-bond acceptors (Lipinski definition) is 8. The van der Waals surface area contributed by atoms with Gasteiger partial charge in [-0.25, -0.2) is 4.79 Å². The smallest absolute Gasteiger partial charge is 0.333 e. The summed E-state index contributed by atoms with van der Waals surface area (Å²) in [6.45, 7) is 1.65. The molecule has 0 spiro atoms. The number of amides is 2. The van der Waals surface area contributed by atoms with E-state index in [4.69, 9.17) is 4.74 Å². The van der Waals surface area contributed by atoms with Crippen molar-refractivity contribution in [2.24, 2.45) is 5.92 Å². The third-order valence-corrected chi connectivity index (χ3v) is 6.85. The fraction of sp³-hybridized carbons (Fsp3) is 0.500. The third kappa shape index (κ3) is 5.63. The molecule has 30 heavy (non-hydrogen) atoms. The van der Waals surface area contributed by atoms with Crippen LogP contribution in [-0.2, 0) is 23.9 Å². The fourth-order valence-electron chi connectivity index (χ4n) is 3.32. The maximum atomic E-state index is 12.4. The third-order valence-electron chi connectivity index (χ3n) is 4.97. The molecule has 0 radical (unpaired) electrons. The number of nitrogens with zero attached hydrogens (tertiary/aromatic N) is 2. The van der Waals surface area contributed by atoms with Crippen LogP contribution in [-0.4, -0.2) is 72.7 Å². The lowest BCUT2D eigenvalue weighted by Gasteiger charge is -2.30. The van der Waals surface area contributed by atoms with Crippen molar-refractivity contribution >= 4 is 46.9 Å². The van der Waals surface area contributed by atoms with Gasteiger partial charge in [0.1, 0.15) is 0 Å². The first-order valence-electron chi connectivity index (χ1n) is 9.72. The molecule has 2 saturated heterocycles. The minimum atomic E-state index is -0.507. The lowest BCUT2D eigenvalue weighted by molar-refractivity contribution is -0.150. The van der Waals surface area contributed by atoms with Crippen LogP contribution >= 0.6 is 23.1 Å². The lowest BCUT2D eigenvalue weighted by Crippen LogP contribution is -2.40. The largest absolute Gasteiger partial charge is 0.466 e. The Morgan fingerprint density at radius 3 is 2.70 bits per heavy atom. The molecule has 2 aliphatic rings. The molecule has 0 atom stereocenters. The topological polar surface area (TPSA) is 93.2 Å². The van der Waals surface area contributed by atoms with E-state index in [1.807, 2.05) is 17.5 Å². The van der Waals surface area contributed by atoms with Gasteiger partial charge in [0.05, 0.1) is 41.4 Å². The summed E-state index contributed by atoms with van der Waals surface area (Å²) in [6, 6.07) is 3.66. The fourth-order valence-corrected chi connectivity index (χ4v) is 4.96. The number of methoxy groups -OCH3 is 1. The van der Waals surface area contributed by atoms with E-state index in [2.05, 4.69) is 4.74 Å². The zero-order valence-electron chi connectivity index (χ0n) is 16.7. The Kier molecular flexibility index (Phi) is 7.92. The maximum absolute atomic E-state index is 12.4. The van der Waals surface area contributed by atoms with Crippen molar-refractivity contribution < 1.29 is 28.7 Å². The average molecular weight is 453 g/mol. The Labute approximate surface area is 183 Å². The standard InChI is InChI=1S/C20H24N2O6S2/c1-27-18(24)12-17-22(16(23)13-30-17)7-3-10-28-20(26)14-5-8-21(9-6-14)19(25)15-4-2-11-29-15/h2,4,11-12,14H,3,5-10,13H2,1H3/b17-12+. The molecule has 8 nitrogen and oxygen atoms in total. The summed E-state index contributed by atoms with van der Waals surface area (Å²) < 4.78 is 9.99. The van der Waals surface area contributed by atoms with E-state index in [0.29, 0.717) is 48.8 Å². The maximum Gasteiger partial charge on any atom is 0.333 e. The molecular weight excluding hydrogens is 428 g/mol. The highest BCUT2D eigenvalue weighted by molar-refractivity contribution is 8.04. The van der Waals surface area contributed by atoms with Crippen molar-refractivity contribution in [1.82, 2.24) is 9.80 Å². The number of carbonyl (C=O) groups is 4. The highest BCUT2D eigenvalue weighted by Crippen LogP contribution is 2.29. The summed E-state index contributed by atoms with van der Waals surface area (Å²) in [5.41, 5.74) is 0. The molecule has 1 aromatic heterocycles. The number of piperidine rings is 1. The van der Waals surface area contributed by atoms with Crippen molar-refractivity contribution in [1.29, 1.82) is 0 Å². The molecular formula is C20H24N2O6S2. The molecule has 3 heterocycles. The van der Waals surface area contributed by atoms with E-state index in [-0.39, 0.29) is 36.1 Å². The summed E-state index contributed by atoms with van der Waals surface area (Å²) >= 11 is 2.71. The second-order valence-corrected chi connectivity index (χ2v) is 8.85. The van der Waals surface area contributed by atoms with Crippen LogP contribution in [0.1, 0.15) is 28.9 Å². The molecule has 10 heteroatoms. The molecule has 162 valence electrons. The Morgan fingerprint density at radius 2 is 2.03 bits per heavy atom. The van der Waals surface area contributed by atoms with Crippen LogP contribution in [0.15, 0.2) is 28.6 Å². The van der Waals surface area contributed by atoms with Gasteiger partial charge >= 0.3 is 11.9 Å². The minimum absolute atomic E-state index is 0.0146. The molecule has 2 fully saturated rings. The Balaban J connectivity index is 1.38. The number of thioether (sulfide) groups is 1. The molecule has 0 aliphatic carbocycles. The van der Waals surface area contributed by atoms with Crippen molar-refractivity contribution in [2.45, 2.75) is 19.3 Å². The summed E-state index contributed by atoms with van der Waals surface area (Å²) in [7, 11) is 1.28. The van der Waals surface area contributed by atoms with E-state index in [9.17, 15) is 19.2 Å². The van der Waals surface area contributed by atoms with E-state index in [1.165, 1.54) is 41.2 Å². The second kappa shape index (κ2) is 10.6. The highest BCUT2D eigenvalue weighted by Gasteiger charge is 2.30. The first-order chi connectivity index (χ1) is 14.5. The van der Waals surface area contributed by atoms with Crippen molar-refractivity contribution in [3.63, 3.8) is 0 Å². The van der Waals surface area contributed by atoms with Crippen LogP contribution in [0, 0.1) is 5.92 Å². The average Bonchev–Trinajstić information content (AvgIpc) is 3.41. The molecule has 3 rings (SSSR count). The number of carbonyl (C=O) groups excluding carboxylic acids is 4. The van der Waals surface area contributed by atoms with Gasteiger partial charge in [-0.05, 0) is 30.7 Å². The molecule has 1 aromatic rings. The zero-order valence-corrected chi connectivity index (χ0v) is 18.3. The number of esters is 2. The normalized spacial score (nSPS) is 18.7. The zero-order chi connectivity index (χ0) is 21.5. The summed E-state index contributed by atoms with van der Waals surface area (Å²) in [6.07, 6.45) is 2.95. The predicted octanol–water partition coefficient (Wildman–Crippen LogP) is 2.12. The van der Waals surface area contributed by atoms with Crippen LogP contribution < -0.4 is 0 Å². The van der Waals surface area contributed by atoms with E-state index < -0.39 is 5.97 Å². The van der Waals surface area contributed by atoms with Gasteiger partial charge in [0, 0.05) is 19.6 Å². The van der Waals surface area contributed by atoms with Gasteiger partial charge < -0.3 is 19.3 Å². The molecule has 0 unspecified atom stereocenters. The van der Waals surface area contributed by atoms with E-state index in [1.54, 1.807) is 4.90 Å². The number of thiophene rings is 1. The van der Waals surface area contributed by atoms with Gasteiger partial charge in [-0.1, -0.05) is 17.8 Å². The Bertz CT molecular complexity index is 815. The number of hydrogen-bond donors (Lipinski definition) is 0. The molecule has 0 N–H and O–H groups in total. The van der Waals surface area contributed by atoms with E-state index >= 15 is 0 Å². The highest BCUT2D eigenvalue weighted by atomic mass is 32.2. The quantitative estimate of drug-likeness (QED) is 0.355. The SMILES string of the molecule is COC(=O)/C=C1/SCC(=O)N1CCCOC(=O)C1CCN(C(=O)c2cccs2)CC1. The van der Waals surface area contributed by atoms with Gasteiger partial charge in [0.25, 0.3) is 5.91 Å². The van der Waals surface area contributed by atoms with Crippen LogP contribution in [0.25, 0.3) is 0 Å². The van der Waals surface area contributed by atoms with E-state index in [0.717, 1.165) is 0 Å². The summed E-state index contributed by atoms with van der Waals surface area (Å²) in [4.78, 5) is 52.1. The molecule has 0 bridgehead atoms. The van der Waals surface area contributed by atoms with Gasteiger partial charge in [-0.15, -0.1) is 11.3 Å². The molecule has 2 amide bonds. The number of ether oxygens (including phenoxy) is 2. The number of likely N-dealkylation sites (tertiary alicyclic amines) is 1. The molecule has 0 aromatic carbocycles. The Hall–Kier alpha value is -2.33. The first kappa shape index (κ1) is 22.4. The second-order valence-electron chi connectivity index (χ2n) is 6.90. The monoisotopic (exact) mass is 452 g/mol. The van der Waals surface area contributed by atoms with Crippen molar-refractivity contribution in [3.05, 3.63) is 33.5 Å².